The Hall–Kier alpha value is -1.74. The van der Waals surface area contributed by atoms with Gasteiger partial charge in [-0.25, -0.2) is 4.79 Å². The molecule has 25 heavy (non-hydrogen) atoms. The van der Waals surface area contributed by atoms with E-state index < -0.39 is 5.97 Å². The lowest BCUT2D eigenvalue weighted by Crippen LogP contribution is -2.34. The molecule has 0 saturated heterocycles. The zero-order valence-electron chi connectivity index (χ0n) is 15.5. The lowest BCUT2D eigenvalue weighted by molar-refractivity contribution is 0.0563. The zero-order valence-corrected chi connectivity index (χ0v) is 16.3. The Kier molecular flexibility index (Phi) is 4.48. The van der Waals surface area contributed by atoms with Crippen LogP contribution in [-0.2, 0) is 22.0 Å². The minimum Gasteiger partial charge on any atom is -0.463 e. The maximum Gasteiger partial charge on any atom is 0.373 e. The molecular formula is C21H25ClO3. The van der Waals surface area contributed by atoms with Crippen LogP contribution in [0.25, 0.3) is 0 Å². The van der Waals surface area contributed by atoms with Gasteiger partial charge in [0, 0.05) is 11.4 Å². The first-order valence-corrected chi connectivity index (χ1v) is 9.02. The maximum absolute atomic E-state index is 11.6. The number of carbonyl (C=O) groups is 1. The van der Waals surface area contributed by atoms with Crippen LogP contribution in [0.4, 0.5) is 0 Å². The van der Waals surface area contributed by atoms with Crippen molar-refractivity contribution in [2.24, 2.45) is 0 Å². The van der Waals surface area contributed by atoms with Gasteiger partial charge >= 0.3 is 5.97 Å². The average Bonchev–Trinajstić information content (AvgIpc) is 3.01. The summed E-state index contributed by atoms with van der Waals surface area (Å²) in [4.78, 5) is 11.6. The van der Waals surface area contributed by atoms with Gasteiger partial charge in [0.2, 0.25) is 5.76 Å². The molecule has 1 aliphatic rings. The number of esters is 1. The summed E-state index contributed by atoms with van der Waals surface area (Å²) in [7, 11) is 1.34. The van der Waals surface area contributed by atoms with Gasteiger partial charge in [0.25, 0.3) is 0 Å². The molecule has 0 aliphatic heterocycles. The highest BCUT2D eigenvalue weighted by molar-refractivity contribution is 6.31. The molecule has 0 fully saturated rings. The summed E-state index contributed by atoms with van der Waals surface area (Å²) >= 11 is 6.59. The second kappa shape index (κ2) is 6.21. The van der Waals surface area contributed by atoms with Crippen LogP contribution in [0.2, 0.25) is 5.02 Å². The molecule has 3 nitrogen and oxygen atoms in total. The number of methoxy groups -OCH3 is 1. The summed E-state index contributed by atoms with van der Waals surface area (Å²) in [6.45, 7) is 9.15. The Morgan fingerprint density at radius 2 is 1.72 bits per heavy atom. The first kappa shape index (κ1) is 18.1. The number of fused-ring (bicyclic) bond motifs is 1. The van der Waals surface area contributed by atoms with Crippen LogP contribution in [0.15, 0.2) is 28.7 Å². The van der Waals surface area contributed by atoms with E-state index in [0.717, 1.165) is 23.4 Å². The smallest absolute Gasteiger partial charge is 0.373 e. The van der Waals surface area contributed by atoms with E-state index in [-0.39, 0.29) is 16.6 Å². The number of benzene rings is 1. The van der Waals surface area contributed by atoms with Crippen molar-refractivity contribution >= 4 is 17.6 Å². The summed E-state index contributed by atoms with van der Waals surface area (Å²) in [6, 6.07) is 7.79. The first-order valence-electron chi connectivity index (χ1n) is 8.64. The third-order valence-electron chi connectivity index (χ3n) is 5.43. The predicted octanol–water partition coefficient (Wildman–Crippen LogP) is 5.66. The van der Waals surface area contributed by atoms with Gasteiger partial charge in [-0.1, -0.05) is 45.4 Å². The van der Waals surface area contributed by atoms with Gasteiger partial charge < -0.3 is 9.15 Å². The molecule has 1 aromatic heterocycles. The van der Waals surface area contributed by atoms with Crippen molar-refractivity contribution in [2.75, 3.05) is 7.11 Å². The van der Waals surface area contributed by atoms with Crippen LogP contribution in [0.5, 0.6) is 0 Å². The molecule has 0 amide bonds. The Bertz CT molecular complexity index is 815. The highest BCUT2D eigenvalue weighted by Gasteiger charge is 2.37. The molecule has 1 aliphatic carbocycles. The molecule has 0 N–H and O–H groups in total. The van der Waals surface area contributed by atoms with Crippen LogP contribution in [0, 0.1) is 0 Å². The van der Waals surface area contributed by atoms with Crippen molar-refractivity contribution < 1.29 is 13.9 Å². The van der Waals surface area contributed by atoms with Crippen LogP contribution < -0.4 is 0 Å². The summed E-state index contributed by atoms with van der Waals surface area (Å²) in [5.41, 5.74) is 3.99. The van der Waals surface area contributed by atoms with E-state index in [1.807, 2.05) is 0 Å². The summed E-state index contributed by atoms with van der Waals surface area (Å²) < 4.78 is 10.3. The van der Waals surface area contributed by atoms with Crippen LogP contribution >= 0.6 is 11.6 Å². The molecular weight excluding hydrogens is 336 g/mol. The van der Waals surface area contributed by atoms with Crippen molar-refractivity contribution in [3.05, 3.63) is 57.5 Å². The molecule has 134 valence electrons. The Morgan fingerprint density at radius 3 is 2.32 bits per heavy atom. The van der Waals surface area contributed by atoms with Crippen LogP contribution in [0.3, 0.4) is 0 Å². The monoisotopic (exact) mass is 360 g/mol. The Labute approximate surface area is 154 Å². The fourth-order valence-corrected chi connectivity index (χ4v) is 3.87. The molecule has 0 spiro atoms. The molecule has 0 bridgehead atoms. The molecule has 1 aromatic carbocycles. The van der Waals surface area contributed by atoms with Crippen molar-refractivity contribution in [1.29, 1.82) is 0 Å². The number of ether oxygens (including phenoxy) is 1. The van der Waals surface area contributed by atoms with Gasteiger partial charge in [0.05, 0.1) is 7.11 Å². The summed E-state index contributed by atoms with van der Waals surface area (Å²) in [5, 5.41) is 0.751. The van der Waals surface area contributed by atoms with E-state index in [1.165, 1.54) is 18.2 Å². The van der Waals surface area contributed by atoms with Gasteiger partial charge in [0.15, 0.2) is 0 Å². The Morgan fingerprint density at radius 1 is 1.12 bits per heavy atom. The molecule has 0 radical (unpaired) electrons. The van der Waals surface area contributed by atoms with Gasteiger partial charge in [-0.15, -0.1) is 0 Å². The number of furan rings is 1. The second-order valence-corrected chi connectivity index (χ2v) is 8.60. The van der Waals surface area contributed by atoms with Gasteiger partial charge in [-0.3, -0.25) is 0 Å². The average molecular weight is 361 g/mol. The highest BCUT2D eigenvalue weighted by Crippen LogP contribution is 2.47. The third kappa shape index (κ3) is 3.35. The molecule has 1 heterocycles. The zero-order chi connectivity index (χ0) is 18.4. The molecule has 3 rings (SSSR count). The second-order valence-electron chi connectivity index (χ2n) is 8.19. The lowest BCUT2D eigenvalue weighted by Gasteiger charge is -2.42. The van der Waals surface area contributed by atoms with Crippen molar-refractivity contribution in [1.82, 2.24) is 0 Å². The normalized spacial score (nSPS) is 17.8. The van der Waals surface area contributed by atoms with Crippen LogP contribution in [-0.4, -0.2) is 13.1 Å². The van der Waals surface area contributed by atoms with Crippen molar-refractivity contribution in [3.63, 3.8) is 0 Å². The number of hydrogen-bond donors (Lipinski definition) is 0. The SMILES string of the molecule is COC(=O)c1ccc(Cc2cc3c(cc2Cl)C(C)(C)CCC3(C)C)o1. The number of carbonyl (C=O) groups excluding carboxylic acids is 1. The van der Waals surface area contributed by atoms with E-state index in [2.05, 4.69) is 44.6 Å². The minimum absolute atomic E-state index is 0.129. The quantitative estimate of drug-likeness (QED) is 0.663. The summed E-state index contributed by atoms with van der Waals surface area (Å²) in [5.74, 6) is 0.453. The molecule has 0 unspecified atom stereocenters. The van der Waals surface area contributed by atoms with E-state index in [1.54, 1.807) is 12.1 Å². The standard InChI is InChI=1S/C21H25ClO3/c1-20(2)8-9-21(3,4)16-12-17(22)13(11-15(16)20)10-14-6-7-18(25-14)19(23)24-5/h6-7,11-12H,8-10H2,1-5H3. The summed E-state index contributed by atoms with van der Waals surface area (Å²) in [6.07, 6.45) is 2.87. The van der Waals surface area contributed by atoms with E-state index >= 15 is 0 Å². The van der Waals surface area contributed by atoms with Gasteiger partial charge in [0.1, 0.15) is 5.76 Å². The highest BCUT2D eigenvalue weighted by atomic mass is 35.5. The maximum atomic E-state index is 11.6. The number of hydrogen-bond acceptors (Lipinski definition) is 3. The molecule has 4 heteroatoms. The van der Waals surface area contributed by atoms with Gasteiger partial charge in [-0.2, -0.15) is 0 Å². The van der Waals surface area contributed by atoms with Crippen molar-refractivity contribution in [2.45, 2.75) is 57.8 Å². The van der Waals surface area contributed by atoms with E-state index in [0.29, 0.717) is 12.2 Å². The van der Waals surface area contributed by atoms with Crippen LogP contribution in [0.1, 0.15) is 73.5 Å². The third-order valence-corrected chi connectivity index (χ3v) is 5.78. The topological polar surface area (TPSA) is 39.4 Å². The van der Waals surface area contributed by atoms with Crippen molar-refractivity contribution in [3.8, 4) is 0 Å². The molecule has 2 aromatic rings. The van der Waals surface area contributed by atoms with E-state index in [4.69, 9.17) is 16.0 Å². The number of halogens is 1. The largest absolute Gasteiger partial charge is 0.463 e. The fourth-order valence-electron chi connectivity index (χ4n) is 3.64. The number of rotatable bonds is 3. The van der Waals surface area contributed by atoms with E-state index in [9.17, 15) is 4.79 Å². The van der Waals surface area contributed by atoms with Gasteiger partial charge in [-0.05, 0) is 58.6 Å². The Balaban J connectivity index is 1.98. The minimum atomic E-state index is -0.467. The molecule has 0 atom stereocenters. The fraction of sp³-hybridized carbons (Fsp3) is 0.476. The molecule has 0 saturated carbocycles. The lowest BCUT2D eigenvalue weighted by atomic mass is 9.63. The first-order chi connectivity index (χ1) is 11.6. The predicted molar refractivity (Wildman–Crippen MR) is 99.6 cm³/mol.